The molecule has 132 valence electrons. The first-order valence-corrected chi connectivity index (χ1v) is 8.72. The maximum Gasteiger partial charge on any atom is 0.324 e. The molecule has 1 aliphatic rings. The Morgan fingerprint density at radius 3 is 2.42 bits per heavy atom. The largest absolute Gasteiger partial charge is 0.324 e. The number of benzene rings is 2. The fourth-order valence-electron chi connectivity index (χ4n) is 3.28. The SMILES string of the molecule is CN(C(=O)N1CCC(C(=O)c2ccccc2)CC1)c1cccc(C#N)c1. The van der Waals surface area contributed by atoms with Crippen LogP contribution in [0.15, 0.2) is 54.6 Å². The Balaban J connectivity index is 1.61. The highest BCUT2D eigenvalue weighted by molar-refractivity contribution is 5.98. The maximum atomic E-state index is 12.7. The van der Waals surface area contributed by atoms with Gasteiger partial charge in [0.2, 0.25) is 0 Å². The number of urea groups is 1. The second kappa shape index (κ2) is 7.83. The number of rotatable bonds is 3. The molecule has 1 heterocycles. The van der Waals surface area contributed by atoms with Crippen molar-refractivity contribution < 1.29 is 9.59 Å². The number of anilines is 1. The summed E-state index contributed by atoms with van der Waals surface area (Å²) < 4.78 is 0. The number of likely N-dealkylation sites (tertiary alicyclic amines) is 1. The quantitative estimate of drug-likeness (QED) is 0.795. The van der Waals surface area contributed by atoms with Crippen molar-refractivity contribution in [2.75, 3.05) is 25.0 Å². The normalized spacial score (nSPS) is 14.5. The molecule has 0 aromatic heterocycles. The van der Waals surface area contributed by atoms with E-state index in [9.17, 15) is 9.59 Å². The minimum atomic E-state index is -0.106. The molecule has 0 radical (unpaired) electrons. The Hall–Kier alpha value is -3.13. The molecule has 0 spiro atoms. The van der Waals surface area contributed by atoms with Gasteiger partial charge in [0, 0.05) is 37.3 Å². The van der Waals surface area contributed by atoms with E-state index in [0.717, 1.165) is 5.56 Å². The lowest BCUT2D eigenvalue weighted by molar-refractivity contribution is 0.0857. The van der Waals surface area contributed by atoms with Crippen molar-refractivity contribution in [3.63, 3.8) is 0 Å². The van der Waals surface area contributed by atoms with Gasteiger partial charge in [-0.2, -0.15) is 5.26 Å². The molecule has 5 nitrogen and oxygen atoms in total. The fourth-order valence-corrected chi connectivity index (χ4v) is 3.28. The van der Waals surface area contributed by atoms with Crippen molar-refractivity contribution in [2.45, 2.75) is 12.8 Å². The Morgan fingerprint density at radius 2 is 1.77 bits per heavy atom. The Bertz CT molecular complexity index is 834. The lowest BCUT2D eigenvalue weighted by Gasteiger charge is -2.34. The van der Waals surface area contributed by atoms with Gasteiger partial charge in [0.25, 0.3) is 0 Å². The second-order valence-electron chi connectivity index (χ2n) is 6.50. The molecule has 2 aromatic rings. The number of piperidine rings is 1. The van der Waals surface area contributed by atoms with Crippen LogP contribution in [0.25, 0.3) is 0 Å². The van der Waals surface area contributed by atoms with Crippen LogP contribution in [-0.2, 0) is 0 Å². The summed E-state index contributed by atoms with van der Waals surface area (Å²) in [5, 5.41) is 9.01. The van der Waals surface area contributed by atoms with E-state index in [1.54, 1.807) is 35.0 Å². The van der Waals surface area contributed by atoms with Crippen LogP contribution in [0.2, 0.25) is 0 Å². The number of amides is 2. The zero-order valence-corrected chi connectivity index (χ0v) is 14.8. The van der Waals surface area contributed by atoms with Crippen LogP contribution in [0.5, 0.6) is 0 Å². The van der Waals surface area contributed by atoms with Crippen molar-refractivity contribution in [3.8, 4) is 6.07 Å². The van der Waals surface area contributed by atoms with Crippen LogP contribution in [0.4, 0.5) is 10.5 Å². The molecule has 26 heavy (non-hydrogen) atoms. The summed E-state index contributed by atoms with van der Waals surface area (Å²) in [5.41, 5.74) is 1.95. The van der Waals surface area contributed by atoms with Crippen LogP contribution in [0.3, 0.4) is 0 Å². The van der Waals surface area contributed by atoms with Gasteiger partial charge in [-0.05, 0) is 31.0 Å². The highest BCUT2D eigenvalue weighted by Crippen LogP contribution is 2.24. The monoisotopic (exact) mass is 347 g/mol. The lowest BCUT2D eigenvalue weighted by Crippen LogP contribution is -2.46. The third kappa shape index (κ3) is 3.75. The van der Waals surface area contributed by atoms with Gasteiger partial charge in [-0.3, -0.25) is 9.69 Å². The predicted octanol–water partition coefficient (Wildman–Crippen LogP) is 3.71. The van der Waals surface area contributed by atoms with Crippen LogP contribution in [0.1, 0.15) is 28.8 Å². The number of carbonyl (C=O) groups is 2. The van der Waals surface area contributed by atoms with Gasteiger partial charge in [-0.25, -0.2) is 4.79 Å². The average Bonchev–Trinajstić information content (AvgIpc) is 2.73. The molecule has 3 rings (SSSR count). The fraction of sp³-hybridized carbons (Fsp3) is 0.286. The highest BCUT2D eigenvalue weighted by Gasteiger charge is 2.29. The van der Waals surface area contributed by atoms with Crippen LogP contribution in [-0.4, -0.2) is 36.9 Å². The molecule has 5 heteroatoms. The molecule has 0 unspecified atom stereocenters. The topological polar surface area (TPSA) is 64.4 Å². The van der Waals surface area contributed by atoms with Gasteiger partial charge in [-0.15, -0.1) is 0 Å². The minimum absolute atomic E-state index is 0.0336. The number of carbonyl (C=O) groups excluding carboxylic acids is 2. The van der Waals surface area contributed by atoms with E-state index in [2.05, 4.69) is 6.07 Å². The molecule has 1 fully saturated rings. The summed E-state index contributed by atoms with van der Waals surface area (Å²) >= 11 is 0. The molecule has 0 bridgehead atoms. The summed E-state index contributed by atoms with van der Waals surface area (Å²) in [4.78, 5) is 28.6. The first-order chi connectivity index (χ1) is 12.6. The number of nitriles is 1. The molecule has 0 N–H and O–H groups in total. The first kappa shape index (κ1) is 17.7. The maximum absolute atomic E-state index is 12.7. The Morgan fingerprint density at radius 1 is 1.08 bits per heavy atom. The molecular weight excluding hydrogens is 326 g/mol. The van der Waals surface area contributed by atoms with Crippen molar-refractivity contribution in [2.24, 2.45) is 5.92 Å². The van der Waals surface area contributed by atoms with Crippen LogP contribution in [0, 0.1) is 17.2 Å². The standard InChI is InChI=1S/C21H21N3O2/c1-23(19-9-5-6-16(14-19)15-22)21(26)24-12-10-18(11-13-24)20(25)17-7-3-2-4-8-17/h2-9,14,18H,10-13H2,1H3. The van der Waals surface area contributed by atoms with E-state index in [1.165, 1.54) is 0 Å². The van der Waals surface area contributed by atoms with E-state index in [1.807, 2.05) is 36.4 Å². The molecule has 0 atom stereocenters. The van der Waals surface area contributed by atoms with E-state index < -0.39 is 0 Å². The molecule has 2 aromatic carbocycles. The Kier molecular flexibility index (Phi) is 5.33. The molecule has 1 saturated heterocycles. The highest BCUT2D eigenvalue weighted by atomic mass is 16.2. The van der Waals surface area contributed by atoms with Crippen molar-refractivity contribution in [1.29, 1.82) is 5.26 Å². The zero-order chi connectivity index (χ0) is 18.5. The summed E-state index contributed by atoms with van der Waals surface area (Å²) in [6.07, 6.45) is 1.34. The number of Topliss-reactive ketones (excluding diaryl/α,β-unsaturated/α-hetero) is 1. The van der Waals surface area contributed by atoms with E-state index in [-0.39, 0.29) is 17.7 Å². The first-order valence-electron chi connectivity index (χ1n) is 8.72. The predicted molar refractivity (Wildman–Crippen MR) is 100 cm³/mol. The number of ketones is 1. The second-order valence-corrected chi connectivity index (χ2v) is 6.50. The van der Waals surface area contributed by atoms with Gasteiger partial charge in [0.05, 0.1) is 11.6 Å². The van der Waals surface area contributed by atoms with Gasteiger partial charge < -0.3 is 4.90 Å². The van der Waals surface area contributed by atoms with E-state index >= 15 is 0 Å². The van der Waals surface area contributed by atoms with Gasteiger partial charge in [-0.1, -0.05) is 36.4 Å². The third-order valence-corrected chi connectivity index (χ3v) is 4.84. The van der Waals surface area contributed by atoms with Gasteiger partial charge in [0.15, 0.2) is 5.78 Å². The van der Waals surface area contributed by atoms with E-state index in [0.29, 0.717) is 37.2 Å². The molecule has 0 saturated carbocycles. The van der Waals surface area contributed by atoms with Gasteiger partial charge >= 0.3 is 6.03 Å². The molecule has 2 amide bonds. The number of nitrogens with zero attached hydrogens (tertiary/aromatic N) is 3. The zero-order valence-electron chi connectivity index (χ0n) is 14.8. The van der Waals surface area contributed by atoms with Crippen molar-refractivity contribution in [1.82, 2.24) is 4.90 Å². The summed E-state index contributed by atoms with van der Waals surface area (Å²) in [7, 11) is 1.71. The summed E-state index contributed by atoms with van der Waals surface area (Å²) in [6, 6.07) is 18.3. The van der Waals surface area contributed by atoms with Crippen LogP contribution >= 0.6 is 0 Å². The molecule has 0 aliphatic carbocycles. The molecule has 1 aliphatic heterocycles. The Labute approximate surface area is 153 Å². The summed E-state index contributed by atoms with van der Waals surface area (Å²) in [5.74, 6) is 0.126. The number of hydrogen-bond donors (Lipinski definition) is 0. The van der Waals surface area contributed by atoms with Crippen LogP contribution < -0.4 is 4.90 Å². The summed E-state index contributed by atoms with van der Waals surface area (Å²) in [6.45, 7) is 1.12. The molecular formula is C21H21N3O2. The van der Waals surface area contributed by atoms with E-state index in [4.69, 9.17) is 5.26 Å². The lowest BCUT2D eigenvalue weighted by atomic mass is 9.89. The van der Waals surface area contributed by atoms with Crippen molar-refractivity contribution >= 4 is 17.5 Å². The van der Waals surface area contributed by atoms with Crippen molar-refractivity contribution in [3.05, 3.63) is 65.7 Å². The minimum Gasteiger partial charge on any atom is -0.324 e. The number of hydrogen-bond acceptors (Lipinski definition) is 3. The third-order valence-electron chi connectivity index (χ3n) is 4.84. The van der Waals surface area contributed by atoms with Gasteiger partial charge in [0.1, 0.15) is 0 Å². The smallest absolute Gasteiger partial charge is 0.324 e. The average molecular weight is 347 g/mol.